The Kier molecular flexibility index (Phi) is 4.38. The van der Waals surface area contributed by atoms with Gasteiger partial charge in [0.1, 0.15) is 28.6 Å². The Bertz CT molecular complexity index is 849. The fraction of sp³-hybridized carbons (Fsp3) is 0.0556. The second-order valence-electron chi connectivity index (χ2n) is 4.99. The number of hydrogen-bond donors (Lipinski definition) is 1. The Labute approximate surface area is 138 Å². The third-order valence-corrected chi connectivity index (χ3v) is 3.16. The highest BCUT2D eigenvalue weighted by molar-refractivity contribution is 5.94. The van der Waals surface area contributed by atoms with Crippen LogP contribution in [0.3, 0.4) is 0 Å². The first kappa shape index (κ1) is 15.5. The highest BCUT2D eigenvalue weighted by Crippen LogP contribution is 2.27. The molecule has 120 valence electrons. The van der Waals surface area contributed by atoms with Crippen molar-refractivity contribution < 1.29 is 14.3 Å². The van der Waals surface area contributed by atoms with Crippen LogP contribution in [-0.2, 0) is 0 Å². The Morgan fingerprint density at radius 1 is 0.917 bits per heavy atom. The number of ether oxygens (including phenoxy) is 2. The first-order chi connectivity index (χ1) is 11.6. The fourth-order valence-electron chi connectivity index (χ4n) is 2.01. The Balaban J connectivity index is 1.77. The number of rotatable bonds is 5. The van der Waals surface area contributed by atoms with E-state index >= 15 is 0 Å². The molecule has 0 fully saturated rings. The Hall–Kier alpha value is -3.41. The largest absolute Gasteiger partial charge is 0.457 e. The van der Waals surface area contributed by atoms with E-state index in [9.17, 15) is 4.79 Å². The smallest absolute Gasteiger partial charge is 0.255 e. The van der Waals surface area contributed by atoms with Gasteiger partial charge in [-0.3, -0.25) is 4.79 Å². The quantitative estimate of drug-likeness (QED) is 0.777. The molecule has 0 bridgehead atoms. The molecule has 0 aliphatic rings. The molecule has 0 aliphatic carbocycles. The van der Waals surface area contributed by atoms with Crippen molar-refractivity contribution in [2.45, 2.75) is 6.92 Å². The minimum atomic E-state index is -0.644. The van der Waals surface area contributed by atoms with Crippen molar-refractivity contribution in [2.24, 2.45) is 5.73 Å². The molecule has 1 heterocycles. The number of nitrogens with zero attached hydrogens (tertiary/aromatic N) is 2. The predicted molar refractivity (Wildman–Crippen MR) is 88.3 cm³/mol. The normalized spacial score (nSPS) is 10.2. The molecule has 3 aromatic rings. The van der Waals surface area contributed by atoms with E-state index in [-0.39, 0.29) is 11.4 Å². The Morgan fingerprint density at radius 2 is 1.50 bits per heavy atom. The van der Waals surface area contributed by atoms with E-state index in [1.54, 1.807) is 31.2 Å². The average molecular weight is 321 g/mol. The molecule has 0 radical (unpaired) electrons. The maximum Gasteiger partial charge on any atom is 0.255 e. The second kappa shape index (κ2) is 6.78. The number of carbonyl (C=O) groups excluding carboxylic acids is 1. The maximum atomic E-state index is 11.4. The van der Waals surface area contributed by atoms with Crippen LogP contribution in [-0.4, -0.2) is 15.9 Å². The molecule has 2 N–H and O–H groups in total. The van der Waals surface area contributed by atoms with Gasteiger partial charge in [-0.2, -0.15) is 4.98 Å². The molecule has 0 unspecified atom stereocenters. The molecule has 24 heavy (non-hydrogen) atoms. The number of benzene rings is 2. The van der Waals surface area contributed by atoms with Crippen molar-refractivity contribution in [3.8, 4) is 23.1 Å². The predicted octanol–water partition coefficient (Wildman–Crippen LogP) is 3.47. The molecular formula is C18H15N3O3. The van der Waals surface area contributed by atoms with E-state index in [4.69, 9.17) is 15.2 Å². The first-order valence-corrected chi connectivity index (χ1v) is 7.26. The number of aromatic nitrogens is 2. The van der Waals surface area contributed by atoms with Gasteiger partial charge in [0.2, 0.25) is 5.88 Å². The number of amides is 1. The number of carbonyl (C=O) groups is 1. The lowest BCUT2D eigenvalue weighted by atomic mass is 10.3. The van der Waals surface area contributed by atoms with Crippen LogP contribution < -0.4 is 15.2 Å². The van der Waals surface area contributed by atoms with Crippen LogP contribution in [0.25, 0.3) is 0 Å². The van der Waals surface area contributed by atoms with Crippen LogP contribution in [0.2, 0.25) is 0 Å². The topological polar surface area (TPSA) is 87.3 Å². The van der Waals surface area contributed by atoms with Crippen molar-refractivity contribution in [1.29, 1.82) is 0 Å². The lowest BCUT2D eigenvalue weighted by molar-refractivity contribution is 0.0997. The van der Waals surface area contributed by atoms with Crippen LogP contribution in [0.1, 0.15) is 16.2 Å². The summed E-state index contributed by atoms with van der Waals surface area (Å²) < 4.78 is 11.4. The van der Waals surface area contributed by atoms with Gasteiger partial charge >= 0.3 is 0 Å². The number of hydrogen-bond acceptors (Lipinski definition) is 5. The summed E-state index contributed by atoms with van der Waals surface area (Å²) in [5.41, 5.74) is 5.44. The SMILES string of the molecule is Cc1ncc(C(N)=O)c(Oc2ccc(Oc3ccccc3)cc2)n1. The number of para-hydroxylation sites is 1. The molecule has 0 aliphatic heterocycles. The maximum absolute atomic E-state index is 11.4. The van der Waals surface area contributed by atoms with E-state index in [0.29, 0.717) is 17.3 Å². The molecule has 6 heteroatoms. The van der Waals surface area contributed by atoms with Gasteiger partial charge in [-0.15, -0.1) is 0 Å². The average Bonchev–Trinajstić information content (AvgIpc) is 2.57. The molecule has 1 aromatic heterocycles. The van der Waals surface area contributed by atoms with Crippen molar-refractivity contribution in [3.05, 3.63) is 72.2 Å². The molecule has 0 atom stereocenters. The number of aryl methyl sites for hydroxylation is 1. The summed E-state index contributed by atoms with van der Waals surface area (Å²) in [4.78, 5) is 19.5. The zero-order valence-electron chi connectivity index (χ0n) is 13.0. The third kappa shape index (κ3) is 3.67. The number of primary amides is 1. The van der Waals surface area contributed by atoms with Gasteiger partial charge in [-0.05, 0) is 43.3 Å². The van der Waals surface area contributed by atoms with E-state index in [0.717, 1.165) is 5.75 Å². The molecule has 0 spiro atoms. The summed E-state index contributed by atoms with van der Waals surface area (Å²) >= 11 is 0. The lowest BCUT2D eigenvalue weighted by Crippen LogP contribution is -2.14. The lowest BCUT2D eigenvalue weighted by Gasteiger charge is -2.09. The standard InChI is InChI=1S/C18H15N3O3/c1-12-20-11-16(17(19)22)18(21-12)24-15-9-7-14(8-10-15)23-13-5-3-2-4-6-13/h2-11H,1H3,(H2,19,22). The van der Waals surface area contributed by atoms with Crippen molar-refractivity contribution >= 4 is 5.91 Å². The van der Waals surface area contributed by atoms with Gasteiger partial charge in [0.15, 0.2) is 0 Å². The van der Waals surface area contributed by atoms with E-state index in [2.05, 4.69) is 9.97 Å². The van der Waals surface area contributed by atoms with Gasteiger partial charge in [0, 0.05) is 6.20 Å². The zero-order chi connectivity index (χ0) is 16.9. The van der Waals surface area contributed by atoms with Crippen LogP contribution in [0.5, 0.6) is 23.1 Å². The van der Waals surface area contributed by atoms with Crippen LogP contribution in [0.4, 0.5) is 0 Å². The van der Waals surface area contributed by atoms with Gasteiger partial charge in [-0.25, -0.2) is 4.98 Å². The minimum absolute atomic E-state index is 0.130. The third-order valence-electron chi connectivity index (χ3n) is 3.16. The van der Waals surface area contributed by atoms with Gasteiger partial charge in [0.05, 0.1) is 0 Å². The summed E-state index contributed by atoms with van der Waals surface area (Å²) in [7, 11) is 0. The highest BCUT2D eigenvalue weighted by Gasteiger charge is 2.13. The summed E-state index contributed by atoms with van der Waals surface area (Å²) in [5, 5.41) is 0. The van der Waals surface area contributed by atoms with Crippen LogP contribution in [0.15, 0.2) is 60.8 Å². The second-order valence-corrected chi connectivity index (χ2v) is 4.99. The summed E-state index contributed by atoms with van der Waals surface area (Å²) in [6.07, 6.45) is 1.35. The molecule has 0 saturated heterocycles. The molecular weight excluding hydrogens is 306 g/mol. The molecule has 1 amide bonds. The van der Waals surface area contributed by atoms with E-state index < -0.39 is 5.91 Å². The number of nitrogens with two attached hydrogens (primary N) is 1. The molecule has 2 aromatic carbocycles. The van der Waals surface area contributed by atoms with Crippen molar-refractivity contribution in [1.82, 2.24) is 9.97 Å². The van der Waals surface area contributed by atoms with Crippen molar-refractivity contribution in [2.75, 3.05) is 0 Å². The molecule has 3 rings (SSSR count). The van der Waals surface area contributed by atoms with Gasteiger partial charge in [0.25, 0.3) is 5.91 Å². The van der Waals surface area contributed by atoms with E-state index in [1.165, 1.54) is 6.20 Å². The van der Waals surface area contributed by atoms with Crippen molar-refractivity contribution in [3.63, 3.8) is 0 Å². The fourth-order valence-corrected chi connectivity index (χ4v) is 2.01. The van der Waals surface area contributed by atoms with Crippen LogP contribution in [0, 0.1) is 6.92 Å². The monoisotopic (exact) mass is 321 g/mol. The summed E-state index contributed by atoms with van der Waals surface area (Å²) in [6.45, 7) is 1.70. The zero-order valence-corrected chi connectivity index (χ0v) is 13.0. The summed E-state index contributed by atoms with van der Waals surface area (Å²) in [6, 6.07) is 16.4. The van der Waals surface area contributed by atoms with Gasteiger partial charge in [-0.1, -0.05) is 18.2 Å². The van der Waals surface area contributed by atoms with Crippen LogP contribution >= 0.6 is 0 Å². The van der Waals surface area contributed by atoms with E-state index in [1.807, 2.05) is 30.3 Å². The Morgan fingerprint density at radius 3 is 2.12 bits per heavy atom. The highest BCUT2D eigenvalue weighted by atomic mass is 16.5. The molecule has 0 saturated carbocycles. The van der Waals surface area contributed by atoms with Gasteiger partial charge < -0.3 is 15.2 Å². The molecule has 6 nitrogen and oxygen atoms in total. The first-order valence-electron chi connectivity index (χ1n) is 7.26. The summed E-state index contributed by atoms with van der Waals surface area (Å²) in [5.74, 6) is 1.90. The minimum Gasteiger partial charge on any atom is -0.457 e.